The van der Waals surface area contributed by atoms with Crippen LogP contribution in [-0.2, 0) is 9.53 Å². The summed E-state index contributed by atoms with van der Waals surface area (Å²) in [6.07, 6.45) is 0. The van der Waals surface area contributed by atoms with Crippen molar-refractivity contribution in [3.8, 4) is 5.75 Å². The topological polar surface area (TPSA) is 59.6 Å². The molecule has 1 heterocycles. The molecule has 1 aliphatic heterocycles. The highest BCUT2D eigenvalue weighted by molar-refractivity contribution is 5.82. The summed E-state index contributed by atoms with van der Waals surface area (Å²) in [6, 6.07) is 5.57. The highest BCUT2D eigenvalue weighted by atomic mass is 16.5. The van der Waals surface area contributed by atoms with E-state index in [4.69, 9.17) is 9.47 Å². The fourth-order valence-electron chi connectivity index (χ4n) is 2.32. The highest BCUT2D eigenvalue weighted by Crippen LogP contribution is 2.26. The number of amides is 1. The number of methoxy groups -OCH3 is 1. The summed E-state index contributed by atoms with van der Waals surface area (Å²) in [6.45, 7) is 5.77. The lowest BCUT2D eigenvalue weighted by Crippen LogP contribution is -2.51. The lowest BCUT2D eigenvalue weighted by atomic mass is 10.0. The molecule has 110 valence electrons. The molecular weight excluding hydrogens is 256 g/mol. The van der Waals surface area contributed by atoms with Crippen molar-refractivity contribution in [1.82, 2.24) is 10.6 Å². The van der Waals surface area contributed by atoms with Crippen molar-refractivity contribution >= 4 is 5.91 Å². The Kier molecular flexibility index (Phi) is 4.98. The summed E-state index contributed by atoms with van der Waals surface area (Å²) >= 11 is 0. The van der Waals surface area contributed by atoms with E-state index >= 15 is 0 Å². The van der Waals surface area contributed by atoms with E-state index < -0.39 is 0 Å². The van der Waals surface area contributed by atoms with E-state index in [1.807, 2.05) is 32.0 Å². The minimum atomic E-state index is -0.276. The lowest BCUT2D eigenvalue weighted by molar-refractivity contribution is -0.126. The zero-order valence-corrected chi connectivity index (χ0v) is 12.2. The first kappa shape index (κ1) is 14.8. The van der Waals surface area contributed by atoms with Crippen LogP contribution in [0.3, 0.4) is 0 Å². The number of nitrogens with one attached hydrogen (secondary N) is 2. The SMILES string of the molecule is COc1ccc(C)cc1C(C)NC(=O)C1COCCN1. The smallest absolute Gasteiger partial charge is 0.240 e. The van der Waals surface area contributed by atoms with Crippen LogP contribution in [0.15, 0.2) is 18.2 Å². The molecule has 1 saturated heterocycles. The van der Waals surface area contributed by atoms with Gasteiger partial charge in [0.15, 0.2) is 0 Å². The fourth-order valence-corrected chi connectivity index (χ4v) is 2.32. The second-order valence-corrected chi connectivity index (χ2v) is 5.06. The van der Waals surface area contributed by atoms with Gasteiger partial charge in [0, 0.05) is 12.1 Å². The molecular formula is C15H22N2O3. The van der Waals surface area contributed by atoms with Gasteiger partial charge in [-0.1, -0.05) is 17.7 Å². The predicted molar refractivity (Wildman–Crippen MR) is 76.9 cm³/mol. The maximum atomic E-state index is 12.2. The normalized spacial score (nSPS) is 20.2. The maximum Gasteiger partial charge on any atom is 0.240 e. The van der Waals surface area contributed by atoms with Gasteiger partial charge in [-0.2, -0.15) is 0 Å². The fraction of sp³-hybridized carbons (Fsp3) is 0.533. The van der Waals surface area contributed by atoms with Crippen LogP contribution >= 0.6 is 0 Å². The van der Waals surface area contributed by atoms with Crippen LogP contribution in [0.1, 0.15) is 24.1 Å². The molecule has 2 N–H and O–H groups in total. The summed E-state index contributed by atoms with van der Waals surface area (Å²) in [7, 11) is 1.64. The first-order chi connectivity index (χ1) is 9.61. The first-order valence-corrected chi connectivity index (χ1v) is 6.88. The third-order valence-corrected chi connectivity index (χ3v) is 3.45. The Labute approximate surface area is 119 Å². The number of morpholine rings is 1. The average molecular weight is 278 g/mol. The minimum Gasteiger partial charge on any atom is -0.496 e. The van der Waals surface area contributed by atoms with Crippen molar-refractivity contribution in [3.63, 3.8) is 0 Å². The highest BCUT2D eigenvalue weighted by Gasteiger charge is 2.23. The number of aryl methyl sites for hydroxylation is 1. The Morgan fingerprint density at radius 2 is 2.35 bits per heavy atom. The van der Waals surface area contributed by atoms with Gasteiger partial charge in [-0.25, -0.2) is 0 Å². The number of carbonyl (C=O) groups excluding carboxylic acids is 1. The van der Waals surface area contributed by atoms with Crippen LogP contribution in [0.5, 0.6) is 5.75 Å². The average Bonchev–Trinajstić information content (AvgIpc) is 2.48. The van der Waals surface area contributed by atoms with Gasteiger partial charge in [-0.05, 0) is 19.9 Å². The largest absolute Gasteiger partial charge is 0.496 e. The van der Waals surface area contributed by atoms with E-state index in [0.29, 0.717) is 19.8 Å². The second-order valence-electron chi connectivity index (χ2n) is 5.06. The lowest BCUT2D eigenvalue weighted by Gasteiger charge is -2.25. The molecule has 5 heteroatoms. The molecule has 1 fully saturated rings. The number of benzene rings is 1. The van der Waals surface area contributed by atoms with Gasteiger partial charge in [0.1, 0.15) is 11.8 Å². The summed E-state index contributed by atoms with van der Waals surface area (Å²) in [5, 5.41) is 6.15. The molecule has 20 heavy (non-hydrogen) atoms. The van der Waals surface area contributed by atoms with Gasteiger partial charge in [-0.3, -0.25) is 4.79 Å². The van der Waals surface area contributed by atoms with Gasteiger partial charge in [0.25, 0.3) is 0 Å². The Balaban J connectivity index is 2.05. The summed E-state index contributed by atoms with van der Waals surface area (Å²) in [4.78, 5) is 12.2. The van der Waals surface area contributed by atoms with E-state index in [0.717, 1.165) is 16.9 Å². The van der Waals surface area contributed by atoms with Crippen LogP contribution in [0.2, 0.25) is 0 Å². The van der Waals surface area contributed by atoms with E-state index in [1.165, 1.54) is 0 Å². The molecule has 1 aromatic rings. The van der Waals surface area contributed by atoms with E-state index in [1.54, 1.807) is 7.11 Å². The van der Waals surface area contributed by atoms with Crippen LogP contribution in [0, 0.1) is 6.92 Å². The molecule has 2 rings (SSSR count). The van der Waals surface area contributed by atoms with Crippen molar-refractivity contribution < 1.29 is 14.3 Å². The number of carbonyl (C=O) groups is 1. The van der Waals surface area contributed by atoms with Crippen molar-refractivity contribution in [1.29, 1.82) is 0 Å². The Morgan fingerprint density at radius 1 is 1.55 bits per heavy atom. The first-order valence-electron chi connectivity index (χ1n) is 6.88. The van der Waals surface area contributed by atoms with Gasteiger partial charge < -0.3 is 20.1 Å². The molecule has 0 radical (unpaired) electrons. The van der Waals surface area contributed by atoms with Crippen LogP contribution in [-0.4, -0.2) is 38.8 Å². The van der Waals surface area contributed by atoms with E-state index in [-0.39, 0.29) is 18.0 Å². The van der Waals surface area contributed by atoms with Gasteiger partial charge in [0.2, 0.25) is 5.91 Å². The molecule has 0 bridgehead atoms. The number of hydrogen-bond donors (Lipinski definition) is 2. The quantitative estimate of drug-likeness (QED) is 0.868. The molecule has 0 aromatic heterocycles. The molecule has 0 saturated carbocycles. The Hall–Kier alpha value is -1.59. The monoisotopic (exact) mass is 278 g/mol. The third-order valence-electron chi connectivity index (χ3n) is 3.45. The molecule has 0 spiro atoms. The number of rotatable bonds is 4. The zero-order chi connectivity index (χ0) is 14.5. The molecule has 1 amide bonds. The minimum absolute atomic E-state index is 0.0410. The summed E-state index contributed by atoms with van der Waals surface area (Å²) in [5.74, 6) is 0.747. The molecule has 1 aliphatic rings. The summed E-state index contributed by atoms with van der Waals surface area (Å²) in [5.41, 5.74) is 2.12. The third kappa shape index (κ3) is 3.49. The molecule has 2 atom stereocenters. The van der Waals surface area contributed by atoms with Crippen LogP contribution < -0.4 is 15.4 Å². The molecule has 5 nitrogen and oxygen atoms in total. The van der Waals surface area contributed by atoms with E-state index in [9.17, 15) is 4.79 Å². The maximum absolute atomic E-state index is 12.2. The second kappa shape index (κ2) is 6.72. The van der Waals surface area contributed by atoms with Crippen molar-refractivity contribution in [2.24, 2.45) is 0 Å². The predicted octanol–water partition coefficient (Wildman–Crippen LogP) is 1.17. The number of hydrogen-bond acceptors (Lipinski definition) is 4. The Bertz CT molecular complexity index is 470. The molecule has 2 unspecified atom stereocenters. The van der Waals surface area contributed by atoms with Crippen molar-refractivity contribution in [2.45, 2.75) is 25.9 Å². The Morgan fingerprint density at radius 3 is 3.00 bits per heavy atom. The van der Waals surface area contributed by atoms with Gasteiger partial charge in [-0.15, -0.1) is 0 Å². The van der Waals surface area contributed by atoms with Crippen LogP contribution in [0.25, 0.3) is 0 Å². The zero-order valence-electron chi connectivity index (χ0n) is 12.2. The number of ether oxygens (including phenoxy) is 2. The van der Waals surface area contributed by atoms with Gasteiger partial charge in [0.05, 0.1) is 26.4 Å². The van der Waals surface area contributed by atoms with Crippen molar-refractivity contribution in [2.75, 3.05) is 26.9 Å². The molecule has 0 aliphatic carbocycles. The summed E-state index contributed by atoms with van der Waals surface area (Å²) < 4.78 is 10.7. The van der Waals surface area contributed by atoms with E-state index in [2.05, 4.69) is 10.6 Å². The van der Waals surface area contributed by atoms with Crippen molar-refractivity contribution in [3.05, 3.63) is 29.3 Å². The standard InChI is InChI=1S/C15H22N2O3/c1-10-4-5-14(19-3)12(8-10)11(2)17-15(18)13-9-20-7-6-16-13/h4-5,8,11,13,16H,6-7,9H2,1-3H3,(H,17,18). The van der Waals surface area contributed by atoms with Gasteiger partial charge >= 0.3 is 0 Å². The van der Waals surface area contributed by atoms with Crippen LogP contribution in [0.4, 0.5) is 0 Å². The molecule has 1 aromatic carbocycles.